The molecule has 3 aliphatic heterocycles. The summed E-state index contributed by atoms with van der Waals surface area (Å²) in [5.74, 6) is -3.26. The van der Waals surface area contributed by atoms with Gasteiger partial charge in [-0.15, -0.1) is 0 Å². The molecule has 5 aromatic rings. The van der Waals surface area contributed by atoms with E-state index in [4.69, 9.17) is 42.1 Å². The molecule has 0 unspecified atom stereocenters. The minimum absolute atomic E-state index is 0.0428. The maximum atomic E-state index is 15.7. The Kier molecular flexibility index (Phi) is 10.9. The number of hydrazine groups is 1. The summed E-state index contributed by atoms with van der Waals surface area (Å²) >= 11 is 12.9. The van der Waals surface area contributed by atoms with Gasteiger partial charge in [0.2, 0.25) is 11.8 Å². The molecule has 0 radical (unpaired) electrons. The molecule has 3 fully saturated rings. The Morgan fingerprint density at radius 1 is 0.788 bits per heavy atom. The number of fused-ring (bicyclic) bond motifs is 5. The Bertz CT molecular complexity index is 2930. The van der Waals surface area contributed by atoms with Crippen molar-refractivity contribution in [2.75, 3.05) is 31.7 Å². The number of allylic oxidation sites excluding steroid dienone is 3. The molecule has 5 aromatic carbocycles. The molecule has 2 aliphatic carbocycles. The second kappa shape index (κ2) is 16.8. The van der Waals surface area contributed by atoms with E-state index in [0.29, 0.717) is 50.4 Å². The second-order valence-electron chi connectivity index (χ2n) is 17.0. The average Bonchev–Trinajstić information content (AvgIpc) is 3.71. The van der Waals surface area contributed by atoms with E-state index in [2.05, 4.69) is 5.43 Å². The summed E-state index contributed by atoms with van der Waals surface area (Å²) in [6.07, 6.45) is 8.01. The molecule has 10 rings (SSSR count). The number of carbonyl (C=O) groups excluding carboxylic acids is 4. The van der Waals surface area contributed by atoms with Crippen LogP contribution in [0.4, 0.5) is 11.4 Å². The number of hydrogen-bond donors (Lipinski definition) is 2. The Morgan fingerprint density at radius 2 is 1.55 bits per heavy atom. The number of phenols is 1. The Labute approximate surface area is 390 Å². The zero-order valence-electron chi connectivity index (χ0n) is 36.0. The number of methoxy groups -OCH3 is 3. The maximum Gasteiger partial charge on any atom is 0.260 e. The first-order chi connectivity index (χ1) is 31.9. The third-order valence-corrected chi connectivity index (χ3v) is 14.3. The number of anilines is 2. The number of hydrogen-bond acceptors (Lipinski definition) is 10. The van der Waals surface area contributed by atoms with E-state index in [-0.39, 0.29) is 47.5 Å². The number of amides is 4. The number of imide groups is 2. The lowest BCUT2D eigenvalue weighted by molar-refractivity contribution is -0.139. The largest absolute Gasteiger partial charge is 0.508 e. The molecule has 66 heavy (non-hydrogen) atoms. The van der Waals surface area contributed by atoms with Crippen LogP contribution in [-0.2, 0) is 31.0 Å². The number of rotatable bonds is 10. The van der Waals surface area contributed by atoms with Crippen LogP contribution >= 0.6 is 23.2 Å². The van der Waals surface area contributed by atoms with Gasteiger partial charge >= 0.3 is 0 Å². The first-order valence-electron chi connectivity index (χ1n) is 21.4. The smallest absolute Gasteiger partial charge is 0.260 e. The van der Waals surface area contributed by atoms with Crippen LogP contribution in [0.1, 0.15) is 35.1 Å². The molecule has 12 nitrogen and oxygen atoms in total. The molecule has 0 bridgehead atoms. The molecule has 2 saturated heterocycles. The van der Waals surface area contributed by atoms with Crippen molar-refractivity contribution in [2.24, 2.45) is 29.6 Å². The summed E-state index contributed by atoms with van der Waals surface area (Å²) in [6, 6.07) is 29.4. The number of ether oxygens (including phenoxy) is 4. The quantitative estimate of drug-likeness (QED) is 0.0790. The summed E-state index contributed by atoms with van der Waals surface area (Å²) in [5.41, 5.74) is 6.50. The fourth-order valence-electron chi connectivity index (χ4n) is 10.8. The SMILES string of the molecule is COc1ccc([C@@]23C(=O)N(Nc4ccc(Cl)cc4Cl)C(=O)[C@@H]2C[C@@H]2C(=CC[C@@H]4C(=O)N(c5ccc(C=Cc6cc(OC)ccc6OC)cc5)C(=O)[C@@H]42)[C@@H]3C2=COc3ccc(O)cc3C2)cc1. The normalized spacial score (nSPS) is 24.2. The molecule has 0 aromatic heterocycles. The van der Waals surface area contributed by atoms with Crippen LogP contribution in [0.15, 0.2) is 127 Å². The molecule has 0 spiro atoms. The zero-order chi connectivity index (χ0) is 46.0. The monoisotopic (exact) mass is 923 g/mol. The molecule has 5 aliphatic rings. The number of carbonyl (C=O) groups is 4. The standard InChI is InChI=1S/C52H43Cl2N3O9/c1-63-36-14-8-32(9-15-36)52-41(49(60)57(51(52)62)55-43-19-10-33(53)25-42(43)54)26-40-38(47(52)31-22-30-23-35(58)13-20-45(30)66-27-31)17-18-39-46(40)50(61)56(48(39)59)34-11-5-28(6-12-34)4-7-29-24-37(64-2)16-21-44(29)65-3/h4-17,19-21,23-25,27,39-41,46-47,55,58H,18,22,26H2,1-3H3/t39-,40+,41-,46-,47-,52+/m0/s1. The van der Waals surface area contributed by atoms with E-state index in [1.807, 2.05) is 48.6 Å². The van der Waals surface area contributed by atoms with Crippen molar-refractivity contribution < 1.29 is 43.2 Å². The first-order valence-corrected chi connectivity index (χ1v) is 22.2. The van der Waals surface area contributed by atoms with Gasteiger partial charge in [-0.3, -0.25) is 29.5 Å². The van der Waals surface area contributed by atoms with Crippen molar-refractivity contribution in [3.8, 4) is 28.7 Å². The highest BCUT2D eigenvalue weighted by Crippen LogP contribution is 2.63. The van der Waals surface area contributed by atoms with Crippen molar-refractivity contribution in [3.05, 3.63) is 159 Å². The summed E-state index contributed by atoms with van der Waals surface area (Å²) < 4.78 is 22.7. The van der Waals surface area contributed by atoms with Gasteiger partial charge in [-0.2, -0.15) is 5.01 Å². The lowest BCUT2D eigenvalue weighted by Gasteiger charge is -2.51. The van der Waals surface area contributed by atoms with E-state index in [0.717, 1.165) is 21.7 Å². The van der Waals surface area contributed by atoms with E-state index < -0.39 is 46.8 Å². The molecule has 1 saturated carbocycles. The number of aromatic hydroxyl groups is 1. The van der Waals surface area contributed by atoms with E-state index >= 15 is 14.4 Å². The van der Waals surface area contributed by atoms with Crippen LogP contribution in [-0.4, -0.2) is 55.1 Å². The molecule has 6 atom stereocenters. The third kappa shape index (κ3) is 6.89. The van der Waals surface area contributed by atoms with Crippen molar-refractivity contribution in [1.29, 1.82) is 0 Å². The van der Waals surface area contributed by atoms with Crippen molar-refractivity contribution >= 4 is 70.4 Å². The molecule has 3 heterocycles. The Hall–Kier alpha value is -7.02. The Morgan fingerprint density at radius 3 is 2.27 bits per heavy atom. The highest BCUT2D eigenvalue weighted by atomic mass is 35.5. The number of nitrogens with zero attached hydrogens (tertiary/aromatic N) is 2. The Balaban J connectivity index is 1.06. The van der Waals surface area contributed by atoms with Gasteiger partial charge in [-0.25, -0.2) is 0 Å². The van der Waals surface area contributed by atoms with E-state index in [1.54, 1.807) is 88.3 Å². The average molecular weight is 925 g/mol. The summed E-state index contributed by atoms with van der Waals surface area (Å²) in [6.45, 7) is 0. The van der Waals surface area contributed by atoms with Gasteiger partial charge in [-0.05, 0) is 114 Å². The van der Waals surface area contributed by atoms with Gasteiger partial charge < -0.3 is 24.1 Å². The summed E-state index contributed by atoms with van der Waals surface area (Å²) in [7, 11) is 4.75. The fourth-order valence-corrected chi connectivity index (χ4v) is 11.3. The number of phenolic OH excluding ortho intramolecular Hbond substituents is 1. The third-order valence-electron chi connectivity index (χ3n) is 13.8. The number of benzene rings is 5. The van der Waals surface area contributed by atoms with Gasteiger partial charge in [0.15, 0.2) is 0 Å². The molecule has 4 amide bonds. The van der Waals surface area contributed by atoms with Crippen LogP contribution in [0.2, 0.25) is 10.0 Å². The minimum Gasteiger partial charge on any atom is -0.508 e. The van der Waals surface area contributed by atoms with E-state index in [9.17, 15) is 9.90 Å². The highest BCUT2D eigenvalue weighted by molar-refractivity contribution is 6.36. The second-order valence-corrected chi connectivity index (χ2v) is 17.9. The topological polar surface area (TPSA) is 144 Å². The minimum atomic E-state index is -1.57. The van der Waals surface area contributed by atoms with Gasteiger partial charge in [0, 0.05) is 28.5 Å². The summed E-state index contributed by atoms with van der Waals surface area (Å²) in [5, 5.41) is 12.2. The molecule has 2 N–H and O–H groups in total. The maximum absolute atomic E-state index is 15.7. The zero-order valence-corrected chi connectivity index (χ0v) is 37.5. The van der Waals surface area contributed by atoms with Crippen molar-refractivity contribution in [2.45, 2.75) is 24.7 Å². The lowest BCUT2D eigenvalue weighted by atomic mass is 9.48. The molecular formula is C52H43Cl2N3O9. The van der Waals surface area contributed by atoms with Gasteiger partial charge in [0.1, 0.15) is 28.7 Å². The van der Waals surface area contributed by atoms with Crippen LogP contribution in [0.5, 0.6) is 28.7 Å². The first kappa shape index (κ1) is 42.9. The predicted octanol–water partition coefficient (Wildman–Crippen LogP) is 9.44. The fraction of sp³-hybridized carbons (Fsp3) is 0.231. The predicted molar refractivity (Wildman–Crippen MR) is 249 cm³/mol. The number of halogens is 2. The van der Waals surface area contributed by atoms with E-state index in [1.165, 1.54) is 17.0 Å². The van der Waals surface area contributed by atoms with Gasteiger partial charge in [-0.1, -0.05) is 71.3 Å². The lowest BCUT2D eigenvalue weighted by Crippen LogP contribution is -2.55. The van der Waals surface area contributed by atoms with Crippen LogP contribution in [0, 0.1) is 29.6 Å². The van der Waals surface area contributed by atoms with Crippen LogP contribution < -0.4 is 29.3 Å². The molecule has 14 heteroatoms. The van der Waals surface area contributed by atoms with Crippen LogP contribution in [0.3, 0.4) is 0 Å². The van der Waals surface area contributed by atoms with Gasteiger partial charge in [0.05, 0.1) is 67.2 Å². The number of nitrogens with one attached hydrogen (secondary N) is 1. The van der Waals surface area contributed by atoms with Gasteiger partial charge in [0.25, 0.3) is 11.8 Å². The summed E-state index contributed by atoms with van der Waals surface area (Å²) in [4.78, 5) is 61.7. The molecule has 334 valence electrons. The van der Waals surface area contributed by atoms with Crippen molar-refractivity contribution in [3.63, 3.8) is 0 Å². The van der Waals surface area contributed by atoms with Crippen molar-refractivity contribution in [1.82, 2.24) is 5.01 Å². The molecular weight excluding hydrogens is 881 g/mol. The highest BCUT2D eigenvalue weighted by Gasteiger charge is 2.71. The van der Waals surface area contributed by atoms with Crippen LogP contribution in [0.25, 0.3) is 12.2 Å².